The van der Waals surface area contributed by atoms with Crippen LogP contribution in [0.4, 0.5) is 0 Å². The zero-order chi connectivity index (χ0) is 18.6. The molecule has 27 heavy (non-hydrogen) atoms. The Morgan fingerprint density at radius 3 is 2.70 bits per heavy atom. The SMILES string of the molecule is COc1ccccc1CNC(=O)c1cc(-c2cccc3ccccc23)n[nH]1. The van der Waals surface area contributed by atoms with Crippen molar-refractivity contribution in [3.05, 3.63) is 84.1 Å². The van der Waals surface area contributed by atoms with Gasteiger partial charge in [-0.15, -0.1) is 0 Å². The average molecular weight is 357 g/mol. The molecule has 1 heterocycles. The zero-order valence-corrected chi connectivity index (χ0v) is 14.9. The van der Waals surface area contributed by atoms with Gasteiger partial charge in [0, 0.05) is 17.7 Å². The minimum atomic E-state index is -0.208. The topological polar surface area (TPSA) is 67.0 Å². The first-order valence-electron chi connectivity index (χ1n) is 8.70. The molecule has 0 aliphatic heterocycles. The molecule has 0 bridgehead atoms. The Morgan fingerprint density at radius 1 is 1.04 bits per heavy atom. The molecule has 0 saturated heterocycles. The maximum atomic E-state index is 12.5. The second kappa shape index (κ2) is 7.33. The van der Waals surface area contributed by atoms with E-state index in [4.69, 9.17) is 4.74 Å². The van der Waals surface area contributed by atoms with Gasteiger partial charge >= 0.3 is 0 Å². The van der Waals surface area contributed by atoms with Gasteiger partial charge in [-0.05, 0) is 22.9 Å². The van der Waals surface area contributed by atoms with E-state index in [0.29, 0.717) is 12.2 Å². The summed E-state index contributed by atoms with van der Waals surface area (Å²) >= 11 is 0. The Hall–Kier alpha value is -3.60. The summed E-state index contributed by atoms with van der Waals surface area (Å²) in [6.45, 7) is 0.380. The van der Waals surface area contributed by atoms with E-state index in [2.05, 4.69) is 33.7 Å². The van der Waals surface area contributed by atoms with Crippen LogP contribution in [0.3, 0.4) is 0 Å². The van der Waals surface area contributed by atoms with E-state index >= 15 is 0 Å². The molecule has 0 saturated carbocycles. The van der Waals surface area contributed by atoms with Crippen molar-refractivity contribution in [1.82, 2.24) is 15.5 Å². The van der Waals surface area contributed by atoms with Gasteiger partial charge in [0.2, 0.25) is 0 Å². The summed E-state index contributed by atoms with van der Waals surface area (Å²) in [6.07, 6.45) is 0. The first-order chi connectivity index (χ1) is 13.3. The molecule has 0 aliphatic rings. The predicted octanol–water partition coefficient (Wildman–Crippen LogP) is 4.17. The molecule has 0 atom stereocenters. The third-order valence-electron chi connectivity index (χ3n) is 4.52. The van der Waals surface area contributed by atoms with Crippen molar-refractivity contribution >= 4 is 16.7 Å². The number of fused-ring (bicyclic) bond motifs is 1. The Balaban J connectivity index is 1.54. The van der Waals surface area contributed by atoms with Gasteiger partial charge in [-0.1, -0.05) is 60.7 Å². The van der Waals surface area contributed by atoms with Crippen LogP contribution >= 0.6 is 0 Å². The number of H-pyrrole nitrogens is 1. The highest BCUT2D eigenvalue weighted by Crippen LogP contribution is 2.27. The molecule has 0 fully saturated rings. The van der Waals surface area contributed by atoms with E-state index in [0.717, 1.165) is 33.3 Å². The molecule has 134 valence electrons. The molecule has 5 nitrogen and oxygen atoms in total. The number of nitrogens with one attached hydrogen (secondary N) is 2. The van der Waals surface area contributed by atoms with Crippen LogP contribution in [0.1, 0.15) is 16.1 Å². The molecule has 0 unspecified atom stereocenters. The molecule has 4 aromatic rings. The number of benzene rings is 3. The molecule has 0 radical (unpaired) electrons. The largest absolute Gasteiger partial charge is 0.496 e. The molecule has 4 rings (SSSR count). The van der Waals surface area contributed by atoms with Crippen molar-refractivity contribution in [1.29, 1.82) is 0 Å². The van der Waals surface area contributed by atoms with Crippen molar-refractivity contribution in [3.8, 4) is 17.0 Å². The van der Waals surface area contributed by atoms with Crippen LogP contribution in [0.5, 0.6) is 5.75 Å². The van der Waals surface area contributed by atoms with Crippen LogP contribution in [0.2, 0.25) is 0 Å². The number of aromatic amines is 1. The number of carbonyl (C=O) groups is 1. The van der Waals surface area contributed by atoms with E-state index < -0.39 is 0 Å². The molecular weight excluding hydrogens is 338 g/mol. The maximum Gasteiger partial charge on any atom is 0.269 e. The van der Waals surface area contributed by atoms with E-state index in [1.165, 1.54) is 0 Å². The summed E-state index contributed by atoms with van der Waals surface area (Å²) in [5.74, 6) is 0.541. The Bertz CT molecular complexity index is 1100. The van der Waals surface area contributed by atoms with Gasteiger partial charge in [-0.25, -0.2) is 0 Å². The summed E-state index contributed by atoms with van der Waals surface area (Å²) < 4.78 is 5.31. The Kier molecular flexibility index (Phi) is 4.58. The fraction of sp³-hybridized carbons (Fsp3) is 0.0909. The lowest BCUT2D eigenvalue weighted by Gasteiger charge is -2.08. The lowest BCUT2D eigenvalue weighted by molar-refractivity contribution is 0.0945. The van der Waals surface area contributed by atoms with Crippen molar-refractivity contribution < 1.29 is 9.53 Å². The second-order valence-electron chi connectivity index (χ2n) is 6.19. The minimum Gasteiger partial charge on any atom is -0.496 e. The number of rotatable bonds is 5. The lowest BCUT2D eigenvalue weighted by atomic mass is 10.0. The molecule has 0 aliphatic carbocycles. The van der Waals surface area contributed by atoms with E-state index in [1.807, 2.05) is 48.5 Å². The van der Waals surface area contributed by atoms with Crippen LogP contribution in [0.15, 0.2) is 72.8 Å². The number of amides is 1. The predicted molar refractivity (Wildman–Crippen MR) is 106 cm³/mol. The molecule has 2 N–H and O–H groups in total. The molecule has 1 aromatic heterocycles. The number of hydrogen-bond donors (Lipinski definition) is 2. The van der Waals surface area contributed by atoms with Gasteiger partial charge < -0.3 is 10.1 Å². The number of nitrogens with zero attached hydrogens (tertiary/aromatic N) is 1. The number of ether oxygens (including phenoxy) is 1. The van der Waals surface area contributed by atoms with Crippen LogP contribution < -0.4 is 10.1 Å². The second-order valence-corrected chi connectivity index (χ2v) is 6.19. The van der Waals surface area contributed by atoms with Gasteiger partial charge in [0.25, 0.3) is 5.91 Å². The third-order valence-corrected chi connectivity index (χ3v) is 4.52. The zero-order valence-electron chi connectivity index (χ0n) is 14.9. The van der Waals surface area contributed by atoms with Gasteiger partial charge in [0.05, 0.1) is 12.8 Å². The Labute approximate surface area is 157 Å². The molecule has 1 amide bonds. The van der Waals surface area contributed by atoms with Crippen LogP contribution in [-0.4, -0.2) is 23.2 Å². The van der Waals surface area contributed by atoms with Crippen molar-refractivity contribution in [2.45, 2.75) is 6.54 Å². The van der Waals surface area contributed by atoms with Crippen molar-refractivity contribution in [2.24, 2.45) is 0 Å². The van der Waals surface area contributed by atoms with Gasteiger partial charge in [0.1, 0.15) is 11.4 Å². The maximum absolute atomic E-state index is 12.5. The summed E-state index contributed by atoms with van der Waals surface area (Å²) in [4.78, 5) is 12.5. The first kappa shape index (κ1) is 16.8. The summed E-state index contributed by atoms with van der Waals surface area (Å²) in [5.41, 5.74) is 3.08. The summed E-state index contributed by atoms with van der Waals surface area (Å²) in [7, 11) is 1.62. The number of hydrogen-bond acceptors (Lipinski definition) is 3. The number of para-hydroxylation sites is 1. The standard InChI is InChI=1S/C22H19N3O2/c1-27-21-12-5-3-8-16(21)14-23-22(26)20-13-19(24-25-20)18-11-6-9-15-7-2-4-10-17(15)18/h2-13H,14H2,1H3,(H,23,26)(H,24,25). The number of aromatic nitrogens is 2. The monoisotopic (exact) mass is 357 g/mol. The minimum absolute atomic E-state index is 0.208. The van der Waals surface area contributed by atoms with Crippen LogP contribution in [0.25, 0.3) is 22.0 Å². The van der Waals surface area contributed by atoms with Crippen LogP contribution in [0, 0.1) is 0 Å². The van der Waals surface area contributed by atoms with Crippen molar-refractivity contribution in [2.75, 3.05) is 7.11 Å². The van der Waals surface area contributed by atoms with E-state index in [1.54, 1.807) is 13.2 Å². The molecule has 5 heteroatoms. The third kappa shape index (κ3) is 3.40. The fourth-order valence-corrected chi connectivity index (χ4v) is 3.14. The average Bonchev–Trinajstić information content (AvgIpc) is 3.22. The number of carbonyl (C=O) groups excluding carboxylic acids is 1. The molecule has 0 spiro atoms. The summed E-state index contributed by atoms with van der Waals surface area (Å²) in [5, 5.41) is 12.3. The smallest absolute Gasteiger partial charge is 0.269 e. The van der Waals surface area contributed by atoms with Gasteiger partial charge in [0.15, 0.2) is 0 Å². The van der Waals surface area contributed by atoms with E-state index in [-0.39, 0.29) is 5.91 Å². The van der Waals surface area contributed by atoms with Gasteiger partial charge in [-0.2, -0.15) is 5.10 Å². The molecule has 3 aromatic carbocycles. The Morgan fingerprint density at radius 2 is 1.81 bits per heavy atom. The normalized spacial score (nSPS) is 10.7. The van der Waals surface area contributed by atoms with Crippen molar-refractivity contribution in [3.63, 3.8) is 0 Å². The highest BCUT2D eigenvalue weighted by molar-refractivity contribution is 5.98. The highest BCUT2D eigenvalue weighted by atomic mass is 16.5. The van der Waals surface area contributed by atoms with Crippen LogP contribution in [-0.2, 0) is 6.54 Å². The highest BCUT2D eigenvalue weighted by Gasteiger charge is 2.13. The summed E-state index contributed by atoms with van der Waals surface area (Å²) in [6, 6.07) is 23.6. The first-order valence-corrected chi connectivity index (χ1v) is 8.70. The quantitative estimate of drug-likeness (QED) is 0.563. The lowest BCUT2D eigenvalue weighted by Crippen LogP contribution is -2.23. The van der Waals surface area contributed by atoms with Gasteiger partial charge in [-0.3, -0.25) is 9.89 Å². The fourth-order valence-electron chi connectivity index (χ4n) is 3.14. The molecular formula is C22H19N3O2. The van der Waals surface area contributed by atoms with E-state index in [9.17, 15) is 4.79 Å². The number of methoxy groups -OCH3 is 1.